The van der Waals surface area contributed by atoms with E-state index in [9.17, 15) is 18.0 Å². The van der Waals surface area contributed by atoms with E-state index in [4.69, 9.17) is 16.3 Å². The quantitative estimate of drug-likeness (QED) is 0.649. The molecule has 2 amide bonds. The SMILES string of the molecule is O=C1NC(=O)c2cc(S(=O)(=O)NCC(c3ccccc3Cl)N3CCOCC3)ccc21. The summed E-state index contributed by atoms with van der Waals surface area (Å²) in [5.41, 5.74) is 1.04. The molecule has 0 radical (unpaired) electrons. The summed E-state index contributed by atoms with van der Waals surface area (Å²) in [5.74, 6) is -1.13. The number of nitrogens with zero attached hydrogens (tertiary/aromatic N) is 1. The molecule has 0 aromatic heterocycles. The average Bonchev–Trinajstić information content (AvgIpc) is 3.03. The third-order valence-corrected chi connectivity index (χ3v) is 7.00. The van der Waals surface area contributed by atoms with Crippen molar-refractivity contribution in [3.8, 4) is 0 Å². The molecule has 2 N–H and O–H groups in total. The van der Waals surface area contributed by atoms with Gasteiger partial charge in [-0.25, -0.2) is 13.1 Å². The summed E-state index contributed by atoms with van der Waals surface area (Å²) < 4.78 is 33.9. The van der Waals surface area contributed by atoms with E-state index in [0.717, 1.165) is 5.56 Å². The maximum absolute atomic E-state index is 12.9. The summed E-state index contributed by atoms with van der Waals surface area (Å²) in [7, 11) is -3.92. The number of carbonyl (C=O) groups is 2. The second-order valence-electron chi connectivity index (χ2n) is 7.03. The van der Waals surface area contributed by atoms with Gasteiger partial charge < -0.3 is 4.74 Å². The van der Waals surface area contributed by atoms with Gasteiger partial charge in [0, 0.05) is 30.7 Å². The maximum Gasteiger partial charge on any atom is 0.258 e. The standard InChI is InChI=1S/C20H20ClN3O5S/c21-17-4-2-1-3-15(17)18(24-7-9-29-10-8-24)12-22-30(27,28)13-5-6-14-16(11-13)20(26)23-19(14)25/h1-6,11,18,22H,7-10,12H2,(H,23,25,26). The Morgan fingerprint density at radius 1 is 1.07 bits per heavy atom. The molecular formula is C20H20ClN3O5S. The lowest BCUT2D eigenvalue weighted by atomic mass is 10.0. The first kappa shape index (κ1) is 21.0. The number of carbonyl (C=O) groups excluding carboxylic acids is 2. The van der Waals surface area contributed by atoms with E-state index < -0.39 is 21.8 Å². The zero-order chi connectivity index (χ0) is 21.3. The minimum absolute atomic E-state index is 0.0544. The van der Waals surface area contributed by atoms with Crippen molar-refractivity contribution in [2.45, 2.75) is 10.9 Å². The van der Waals surface area contributed by atoms with Crippen LogP contribution in [-0.4, -0.2) is 58.0 Å². The molecule has 1 unspecified atom stereocenters. The number of halogens is 1. The first-order chi connectivity index (χ1) is 14.4. The van der Waals surface area contributed by atoms with E-state index in [1.54, 1.807) is 6.07 Å². The molecule has 1 fully saturated rings. The fourth-order valence-corrected chi connectivity index (χ4v) is 4.98. The van der Waals surface area contributed by atoms with Crippen molar-refractivity contribution in [1.29, 1.82) is 0 Å². The lowest BCUT2D eigenvalue weighted by Crippen LogP contribution is -2.43. The number of fused-ring (bicyclic) bond motifs is 1. The number of morpholine rings is 1. The van der Waals surface area contributed by atoms with E-state index >= 15 is 0 Å². The minimum atomic E-state index is -3.92. The molecule has 2 aliphatic rings. The molecule has 158 valence electrons. The van der Waals surface area contributed by atoms with Crippen LogP contribution in [-0.2, 0) is 14.8 Å². The Bertz CT molecular complexity index is 1100. The van der Waals surface area contributed by atoms with Crippen LogP contribution in [0, 0.1) is 0 Å². The van der Waals surface area contributed by atoms with Crippen molar-refractivity contribution in [3.05, 3.63) is 64.2 Å². The Labute approximate surface area is 179 Å². The minimum Gasteiger partial charge on any atom is -0.379 e. The molecule has 0 bridgehead atoms. The van der Waals surface area contributed by atoms with E-state index in [0.29, 0.717) is 31.3 Å². The summed E-state index contributed by atoms with van der Waals surface area (Å²) in [6.45, 7) is 2.51. The molecule has 2 aromatic carbocycles. The van der Waals surface area contributed by atoms with Gasteiger partial charge in [-0.05, 0) is 29.8 Å². The molecule has 2 heterocycles. The van der Waals surface area contributed by atoms with Gasteiger partial charge >= 0.3 is 0 Å². The Morgan fingerprint density at radius 2 is 1.77 bits per heavy atom. The molecule has 2 aromatic rings. The van der Waals surface area contributed by atoms with Crippen LogP contribution < -0.4 is 10.0 Å². The summed E-state index contributed by atoms with van der Waals surface area (Å²) in [6, 6.07) is 10.9. The van der Waals surface area contributed by atoms with Crippen LogP contribution in [0.4, 0.5) is 0 Å². The Hall–Kier alpha value is -2.30. The lowest BCUT2D eigenvalue weighted by molar-refractivity contribution is 0.0172. The van der Waals surface area contributed by atoms with E-state index in [1.807, 2.05) is 18.2 Å². The van der Waals surface area contributed by atoms with Crippen LogP contribution in [0.25, 0.3) is 0 Å². The Balaban J connectivity index is 1.58. The first-order valence-electron chi connectivity index (χ1n) is 9.42. The van der Waals surface area contributed by atoms with Crippen LogP contribution in [0.2, 0.25) is 5.02 Å². The van der Waals surface area contributed by atoms with E-state index in [-0.39, 0.29) is 28.6 Å². The topological polar surface area (TPSA) is 105 Å². The fraction of sp³-hybridized carbons (Fsp3) is 0.300. The van der Waals surface area contributed by atoms with Crippen LogP contribution in [0.3, 0.4) is 0 Å². The zero-order valence-electron chi connectivity index (χ0n) is 15.9. The van der Waals surface area contributed by atoms with Gasteiger partial charge in [0.2, 0.25) is 10.0 Å². The highest BCUT2D eigenvalue weighted by Gasteiger charge is 2.30. The smallest absolute Gasteiger partial charge is 0.258 e. The van der Waals surface area contributed by atoms with Crippen molar-refractivity contribution in [3.63, 3.8) is 0 Å². The summed E-state index contributed by atoms with van der Waals surface area (Å²) in [5, 5.41) is 2.71. The second-order valence-corrected chi connectivity index (χ2v) is 9.20. The van der Waals surface area contributed by atoms with E-state index in [2.05, 4.69) is 14.9 Å². The van der Waals surface area contributed by atoms with Gasteiger partial charge in [-0.15, -0.1) is 0 Å². The number of nitrogens with one attached hydrogen (secondary N) is 2. The van der Waals surface area contributed by atoms with Crippen molar-refractivity contribution in [1.82, 2.24) is 14.9 Å². The van der Waals surface area contributed by atoms with Crippen LogP contribution in [0.15, 0.2) is 47.4 Å². The predicted octanol–water partition coefficient (Wildman–Crippen LogP) is 1.58. The maximum atomic E-state index is 12.9. The molecule has 8 nitrogen and oxygen atoms in total. The number of hydrogen-bond acceptors (Lipinski definition) is 6. The molecule has 2 aliphatic heterocycles. The highest BCUT2D eigenvalue weighted by atomic mass is 35.5. The number of hydrogen-bond donors (Lipinski definition) is 2. The van der Waals surface area contributed by atoms with Crippen molar-refractivity contribution in [2.75, 3.05) is 32.8 Å². The second kappa shape index (κ2) is 8.44. The van der Waals surface area contributed by atoms with Gasteiger partial charge in [-0.3, -0.25) is 19.8 Å². The number of imide groups is 1. The molecule has 10 heteroatoms. The largest absolute Gasteiger partial charge is 0.379 e. The predicted molar refractivity (Wildman–Crippen MR) is 110 cm³/mol. The van der Waals surface area contributed by atoms with Gasteiger partial charge in [-0.1, -0.05) is 29.8 Å². The fourth-order valence-electron chi connectivity index (χ4n) is 3.66. The molecule has 0 saturated carbocycles. The number of benzene rings is 2. The van der Waals surface area contributed by atoms with Gasteiger partial charge in [0.05, 0.1) is 29.2 Å². The van der Waals surface area contributed by atoms with Crippen LogP contribution in [0.5, 0.6) is 0 Å². The van der Waals surface area contributed by atoms with Crippen molar-refractivity contribution in [2.24, 2.45) is 0 Å². The molecule has 4 rings (SSSR count). The molecule has 0 aliphatic carbocycles. The highest BCUT2D eigenvalue weighted by Crippen LogP contribution is 2.28. The summed E-state index contributed by atoms with van der Waals surface area (Å²) in [4.78, 5) is 25.6. The number of ether oxygens (including phenoxy) is 1. The van der Waals surface area contributed by atoms with Crippen molar-refractivity contribution < 1.29 is 22.7 Å². The molecule has 1 atom stereocenters. The van der Waals surface area contributed by atoms with Crippen LogP contribution in [0.1, 0.15) is 32.3 Å². The lowest BCUT2D eigenvalue weighted by Gasteiger charge is -2.35. The first-order valence-corrected chi connectivity index (χ1v) is 11.3. The van der Waals surface area contributed by atoms with Crippen LogP contribution >= 0.6 is 11.6 Å². The number of rotatable bonds is 6. The third-order valence-electron chi connectivity index (χ3n) is 5.24. The van der Waals surface area contributed by atoms with Gasteiger partial charge in [0.1, 0.15) is 0 Å². The Kier molecular flexibility index (Phi) is 5.90. The molecule has 1 saturated heterocycles. The zero-order valence-corrected chi connectivity index (χ0v) is 17.5. The average molecular weight is 450 g/mol. The molecular weight excluding hydrogens is 430 g/mol. The monoisotopic (exact) mass is 449 g/mol. The highest BCUT2D eigenvalue weighted by molar-refractivity contribution is 7.89. The number of sulfonamides is 1. The van der Waals surface area contributed by atoms with Crippen molar-refractivity contribution >= 4 is 33.4 Å². The van der Waals surface area contributed by atoms with E-state index in [1.165, 1.54) is 18.2 Å². The van der Waals surface area contributed by atoms with Gasteiger partial charge in [-0.2, -0.15) is 0 Å². The van der Waals surface area contributed by atoms with Gasteiger partial charge in [0.15, 0.2) is 0 Å². The summed E-state index contributed by atoms with van der Waals surface area (Å²) >= 11 is 6.39. The Morgan fingerprint density at radius 3 is 2.50 bits per heavy atom. The molecule has 0 spiro atoms. The summed E-state index contributed by atoms with van der Waals surface area (Å²) in [6.07, 6.45) is 0. The normalized spacial score (nSPS) is 18.2. The number of amides is 2. The molecule has 30 heavy (non-hydrogen) atoms. The van der Waals surface area contributed by atoms with Gasteiger partial charge in [0.25, 0.3) is 11.8 Å². The third kappa shape index (κ3) is 4.12.